The third-order valence-corrected chi connectivity index (χ3v) is 5.22. The smallest absolute Gasteiger partial charge is 0.386 e. The maximum absolute atomic E-state index is 12.8. The summed E-state index contributed by atoms with van der Waals surface area (Å²) in [6.45, 7) is 0.810. The van der Waals surface area contributed by atoms with Crippen LogP contribution in [0.3, 0.4) is 0 Å². The van der Waals surface area contributed by atoms with Crippen LogP contribution in [0, 0.1) is 10.8 Å². The van der Waals surface area contributed by atoms with Crippen molar-refractivity contribution >= 4 is 28.4 Å². The molecule has 1 fully saturated rings. The molecule has 1 saturated heterocycles. The number of nitroso groups, excluding NO2 is 1. The molecular formula is C20H24F3N5O. The fourth-order valence-electron chi connectivity index (χ4n) is 3.53. The van der Waals surface area contributed by atoms with Gasteiger partial charge in [-0.1, -0.05) is 0 Å². The van der Waals surface area contributed by atoms with Crippen LogP contribution in [0.4, 0.5) is 41.6 Å². The monoisotopic (exact) mass is 407 g/mol. The summed E-state index contributed by atoms with van der Waals surface area (Å²) >= 11 is 0. The Balaban J connectivity index is 1.65. The van der Waals surface area contributed by atoms with Crippen LogP contribution in [0.1, 0.15) is 12.8 Å². The number of alkyl halides is 3. The van der Waals surface area contributed by atoms with Crippen LogP contribution >= 0.6 is 0 Å². The molecule has 2 aromatic carbocycles. The van der Waals surface area contributed by atoms with E-state index < -0.39 is 12.1 Å². The van der Waals surface area contributed by atoms with Gasteiger partial charge < -0.3 is 15.5 Å². The average molecular weight is 407 g/mol. The minimum Gasteiger partial charge on any atom is -0.386 e. The van der Waals surface area contributed by atoms with Crippen molar-refractivity contribution in [3.05, 3.63) is 47.4 Å². The summed E-state index contributed by atoms with van der Waals surface area (Å²) in [5.41, 5.74) is 4.01. The fraction of sp³-hybridized carbons (Fsp3) is 0.400. The standard InChI is InChI=1S/C20H24F3N5O/c1-24-18-13-16(5-8-19(18)27(2)26-29)25-15-3-6-17(7-4-15)28-11-9-14(10-12-28)20(21,22)23/h3-8,13-14,24-25H,9-12H2,1-2H3. The van der Waals surface area contributed by atoms with Crippen LogP contribution < -0.4 is 20.5 Å². The number of rotatable bonds is 6. The van der Waals surface area contributed by atoms with Gasteiger partial charge in [-0.3, -0.25) is 0 Å². The molecule has 9 heteroatoms. The van der Waals surface area contributed by atoms with Gasteiger partial charge in [-0.25, -0.2) is 5.01 Å². The molecule has 0 radical (unpaired) electrons. The van der Waals surface area contributed by atoms with Crippen LogP contribution in [-0.4, -0.2) is 33.4 Å². The molecule has 0 unspecified atom stereocenters. The number of nitrogens with one attached hydrogen (secondary N) is 2. The number of hydrogen-bond donors (Lipinski definition) is 2. The third kappa shape index (κ3) is 4.90. The Hall–Kier alpha value is -2.97. The largest absolute Gasteiger partial charge is 0.391 e. The van der Waals surface area contributed by atoms with Crippen molar-refractivity contribution in [1.29, 1.82) is 0 Å². The Morgan fingerprint density at radius 3 is 2.24 bits per heavy atom. The van der Waals surface area contributed by atoms with Crippen molar-refractivity contribution in [2.24, 2.45) is 11.2 Å². The van der Waals surface area contributed by atoms with Crippen LogP contribution in [0.2, 0.25) is 0 Å². The zero-order valence-corrected chi connectivity index (χ0v) is 16.3. The molecule has 0 saturated carbocycles. The molecular weight excluding hydrogens is 383 g/mol. The van der Waals surface area contributed by atoms with Crippen molar-refractivity contribution in [2.75, 3.05) is 47.7 Å². The molecule has 0 atom stereocenters. The molecule has 0 aliphatic carbocycles. The van der Waals surface area contributed by atoms with Gasteiger partial charge >= 0.3 is 6.18 Å². The Kier molecular flexibility index (Phi) is 6.14. The quantitative estimate of drug-likeness (QED) is 0.498. The highest BCUT2D eigenvalue weighted by Crippen LogP contribution is 2.36. The van der Waals surface area contributed by atoms with Crippen LogP contribution in [0.5, 0.6) is 0 Å². The first-order chi connectivity index (χ1) is 13.8. The van der Waals surface area contributed by atoms with Gasteiger partial charge in [-0.05, 0) is 55.3 Å². The average Bonchev–Trinajstić information content (AvgIpc) is 2.73. The first-order valence-electron chi connectivity index (χ1n) is 9.39. The lowest BCUT2D eigenvalue weighted by Gasteiger charge is -2.34. The maximum atomic E-state index is 12.8. The third-order valence-electron chi connectivity index (χ3n) is 5.22. The molecule has 1 aliphatic heterocycles. The number of anilines is 5. The molecule has 156 valence electrons. The van der Waals surface area contributed by atoms with E-state index in [2.05, 4.69) is 15.9 Å². The van der Waals surface area contributed by atoms with Crippen molar-refractivity contribution < 1.29 is 13.2 Å². The number of piperidine rings is 1. The number of nitrogens with zero attached hydrogens (tertiary/aromatic N) is 3. The van der Waals surface area contributed by atoms with E-state index in [9.17, 15) is 18.1 Å². The highest BCUT2D eigenvalue weighted by atomic mass is 19.4. The summed E-state index contributed by atoms with van der Waals surface area (Å²) in [7, 11) is 3.34. The molecule has 0 amide bonds. The van der Waals surface area contributed by atoms with E-state index in [1.807, 2.05) is 41.3 Å². The van der Waals surface area contributed by atoms with E-state index in [1.165, 1.54) is 5.01 Å². The van der Waals surface area contributed by atoms with E-state index in [4.69, 9.17) is 0 Å². The summed E-state index contributed by atoms with van der Waals surface area (Å²) in [6.07, 6.45) is -3.84. The van der Waals surface area contributed by atoms with Gasteiger partial charge in [0.15, 0.2) is 0 Å². The molecule has 1 heterocycles. The lowest BCUT2D eigenvalue weighted by molar-refractivity contribution is -0.179. The first-order valence-corrected chi connectivity index (χ1v) is 9.39. The Bertz CT molecular complexity index is 833. The van der Waals surface area contributed by atoms with Crippen molar-refractivity contribution in [2.45, 2.75) is 19.0 Å². The van der Waals surface area contributed by atoms with Crippen molar-refractivity contribution in [1.82, 2.24) is 0 Å². The first kappa shape index (κ1) is 20.8. The Labute approximate surface area is 167 Å². The van der Waals surface area contributed by atoms with E-state index >= 15 is 0 Å². The number of benzene rings is 2. The van der Waals surface area contributed by atoms with E-state index in [-0.39, 0.29) is 12.8 Å². The molecule has 2 aromatic rings. The molecule has 29 heavy (non-hydrogen) atoms. The zero-order chi connectivity index (χ0) is 21.0. The van der Waals surface area contributed by atoms with E-state index in [0.717, 1.165) is 22.7 Å². The molecule has 0 spiro atoms. The van der Waals surface area contributed by atoms with Crippen molar-refractivity contribution in [3.63, 3.8) is 0 Å². The van der Waals surface area contributed by atoms with Gasteiger partial charge in [-0.15, -0.1) is 4.91 Å². The van der Waals surface area contributed by atoms with Gasteiger partial charge in [0.05, 0.1) is 22.6 Å². The van der Waals surface area contributed by atoms with Gasteiger partial charge in [0.25, 0.3) is 0 Å². The molecule has 2 N–H and O–H groups in total. The minimum absolute atomic E-state index is 0.132. The van der Waals surface area contributed by atoms with Crippen LogP contribution in [0.15, 0.2) is 47.8 Å². The second-order valence-electron chi connectivity index (χ2n) is 7.06. The molecule has 3 rings (SSSR count). The fourth-order valence-corrected chi connectivity index (χ4v) is 3.53. The summed E-state index contributed by atoms with van der Waals surface area (Å²) < 4.78 is 38.5. The van der Waals surface area contributed by atoms with E-state index in [0.29, 0.717) is 18.8 Å². The highest BCUT2D eigenvalue weighted by Gasteiger charge is 2.41. The predicted octanol–water partition coefficient (Wildman–Crippen LogP) is 5.37. The Morgan fingerprint density at radius 1 is 1.07 bits per heavy atom. The number of halogens is 3. The Morgan fingerprint density at radius 2 is 1.69 bits per heavy atom. The summed E-state index contributed by atoms with van der Waals surface area (Å²) in [4.78, 5) is 12.7. The molecule has 0 aromatic heterocycles. The van der Waals surface area contributed by atoms with Gasteiger partial charge in [0.2, 0.25) is 0 Å². The van der Waals surface area contributed by atoms with Crippen LogP contribution in [-0.2, 0) is 0 Å². The topological polar surface area (TPSA) is 60.0 Å². The van der Waals surface area contributed by atoms with Gasteiger partial charge in [0, 0.05) is 44.2 Å². The molecule has 0 bridgehead atoms. The van der Waals surface area contributed by atoms with Crippen LogP contribution in [0.25, 0.3) is 0 Å². The lowest BCUT2D eigenvalue weighted by Crippen LogP contribution is -2.38. The lowest BCUT2D eigenvalue weighted by atomic mass is 9.96. The highest BCUT2D eigenvalue weighted by molar-refractivity contribution is 5.76. The second kappa shape index (κ2) is 8.59. The van der Waals surface area contributed by atoms with E-state index in [1.54, 1.807) is 20.2 Å². The van der Waals surface area contributed by atoms with Gasteiger partial charge in [0.1, 0.15) is 0 Å². The normalized spacial score (nSPS) is 15.1. The van der Waals surface area contributed by atoms with Gasteiger partial charge in [-0.2, -0.15) is 13.2 Å². The molecule has 1 aliphatic rings. The maximum Gasteiger partial charge on any atom is 0.391 e. The summed E-state index contributed by atoms with van der Waals surface area (Å²) in [6, 6.07) is 13.1. The second-order valence-corrected chi connectivity index (χ2v) is 7.06. The SMILES string of the molecule is CNc1cc(Nc2ccc(N3CCC(C(F)(F)F)CC3)cc2)ccc1N(C)N=O. The minimum atomic E-state index is -4.10. The zero-order valence-electron chi connectivity index (χ0n) is 16.3. The summed E-state index contributed by atoms with van der Waals surface area (Å²) in [5.74, 6) is -1.20. The predicted molar refractivity (Wildman–Crippen MR) is 111 cm³/mol. The summed E-state index contributed by atoms with van der Waals surface area (Å²) in [5, 5.41) is 10.5. The molecule has 6 nitrogen and oxygen atoms in total. The number of hydrogen-bond acceptors (Lipinski definition) is 5. The van der Waals surface area contributed by atoms with Crippen molar-refractivity contribution in [3.8, 4) is 0 Å².